The number of ketones is 1. The summed E-state index contributed by atoms with van der Waals surface area (Å²) < 4.78 is 17.1. The van der Waals surface area contributed by atoms with Crippen molar-refractivity contribution in [2.24, 2.45) is 0 Å². The maximum atomic E-state index is 12.6. The van der Waals surface area contributed by atoms with Crippen molar-refractivity contribution in [1.29, 1.82) is 0 Å². The molecular formula is C9H9FO3S. The minimum Gasteiger partial charge on any atom is -0.465 e. The molecule has 1 atom stereocenters. The molecule has 0 aromatic carbocycles. The van der Waals surface area contributed by atoms with Gasteiger partial charge in [0.05, 0.1) is 12.0 Å². The lowest BCUT2D eigenvalue weighted by molar-refractivity contribution is 0.0606. The van der Waals surface area contributed by atoms with Gasteiger partial charge in [0.15, 0.2) is 6.17 Å². The zero-order valence-corrected chi connectivity index (χ0v) is 8.56. The first-order valence-corrected chi connectivity index (χ1v) is 4.74. The van der Waals surface area contributed by atoms with E-state index in [9.17, 15) is 14.0 Å². The highest BCUT2D eigenvalue weighted by Crippen LogP contribution is 2.19. The Labute approximate surface area is 84.5 Å². The number of rotatable bonds is 3. The predicted octanol–water partition coefficient (Wildman–Crippen LogP) is 2.08. The van der Waals surface area contributed by atoms with Crippen LogP contribution in [0.5, 0.6) is 0 Å². The first-order chi connectivity index (χ1) is 6.56. The second-order valence-corrected chi connectivity index (χ2v) is 3.72. The molecule has 76 valence electrons. The fourth-order valence-electron chi connectivity index (χ4n) is 0.877. The van der Waals surface area contributed by atoms with E-state index in [1.165, 1.54) is 26.2 Å². The molecule has 14 heavy (non-hydrogen) atoms. The summed E-state index contributed by atoms with van der Waals surface area (Å²) >= 11 is 0.938. The first kappa shape index (κ1) is 10.8. The van der Waals surface area contributed by atoms with Gasteiger partial charge in [-0.25, -0.2) is 9.18 Å². The molecule has 1 aromatic rings. The van der Waals surface area contributed by atoms with Crippen LogP contribution in [0.4, 0.5) is 4.39 Å². The zero-order valence-electron chi connectivity index (χ0n) is 7.74. The number of halogens is 1. The van der Waals surface area contributed by atoms with E-state index in [4.69, 9.17) is 0 Å². The van der Waals surface area contributed by atoms with E-state index in [0.717, 1.165) is 11.3 Å². The molecule has 0 radical (unpaired) electrons. The maximum absolute atomic E-state index is 12.6. The highest BCUT2D eigenvalue weighted by molar-refractivity contribution is 7.15. The van der Waals surface area contributed by atoms with Crippen LogP contribution in [-0.4, -0.2) is 25.0 Å². The lowest BCUT2D eigenvalue weighted by atomic mass is 10.2. The van der Waals surface area contributed by atoms with Crippen LogP contribution in [0.3, 0.4) is 0 Å². The Morgan fingerprint density at radius 3 is 2.50 bits per heavy atom. The molecule has 0 spiro atoms. The molecule has 0 aliphatic heterocycles. The van der Waals surface area contributed by atoms with Gasteiger partial charge in [-0.3, -0.25) is 4.79 Å². The third-order valence-corrected chi connectivity index (χ3v) is 2.68. The molecule has 1 rings (SSSR count). The summed E-state index contributed by atoms with van der Waals surface area (Å²) in [4.78, 5) is 22.7. The number of hydrogen-bond acceptors (Lipinski definition) is 4. The molecule has 3 nitrogen and oxygen atoms in total. The van der Waals surface area contributed by atoms with Crippen LogP contribution >= 0.6 is 11.3 Å². The number of carbonyl (C=O) groups excluding carboxylic acids is 2. The Hall–Kier alpha value is -1.23. The Morgan fingerprint density at radius 2 is 2.00 bits per heavy atom. The average Bonchev–Trinajstić information content (AvgIpc) is 2.64. The van der Waals surface area contributed by atoms with Gasteiger partial charge in [-0.05, 0) is 19.1 Å². The molecular weight excluding hydrogens is 207 g/mol. The number of hydrogen-bond donors (Lipinski definition) is 0. The van der Waals surface area contributed by atoms with Crippen LogP contribution in [0.25, 0.3) is 0 Å². The summed E-state index contributed by atoms with van der Waals surface area (Å²) in [7, 11) is 1.25. The largest absolute Gasteiger partial charge is 0.465 e. The minimum absolute atomic E-state index is 0.236. The van der Waals surface area contributed by atoms with E-state index < -0.39 is 17.9 Å². The van der Waals surface area contributed by atoms with E-state index in [0.29, 0.717) is 4.88 Å². The molecule has 0 fully saturated rings. The number of carbonyl (C=O) groups is 2. The van der Waals surface area contributed by atoms with Crippen LogP contribution < -0.4 is 0 Å². The normalized spacial score (nSPS) is 12.2. The molecule has 1 aromatic heterocycles. The van der Waals surface area contributed by atoms with Crippen molar-refractivity contribution in [3.8, 4) is 0 Å². The van der Waals surface area contributed by atoms with E-state index in [2.05, 4.69) is 4.74 Å². The van der Waals surface area contributed by atoms with Crippen molar-refractivity contribution in [3.05, 3.63) is 21.9 Å². The number of alkyl halides is 1. The molecule has 0 amide bonds. The summed E-state index contributed by atoms with van der Waals surface area (Å²) in [5, 5.41) is 0. The van der Waals surface area contributed by atoms with Crippen LogP contribution in [0, 0.1) is 0 Å². The van der Waals surface area contributed by atoms with E-state index in [1.807, 2.05) is 0 Å². The summed E-state index contributed by atoms with van der Waals surface area (Å²) in [5.41, 5.74) is 0. The number of Topliss-reactive ketones (excluding diaryl/α,β-unsaturated/α-hetero) is 1. The van der Waals surface area contributed by atoms with Crippen molar-refractivity contribution < 1.29 is 18.7 Å². The van der Waals surface area contributed by atoms with Gasteiger partial charge in [0.2, 0.25) is 5.78 Å². The molecule has 0 aliphatic rings. The third kappa shape index (κ3) is 2.17. The minimum atomic E-state index is -1.54. The Morgan fingerprint density at radius 1 is 1.43 bits per heavy atom. The maximum Gasteiger partial charge on any atom is 0.348 e. The lowest BCUT2D eigenvalue weighted by Gasteiger charge is -1.96. The van der Waals surface area contributed by atoms with Gasteiger partial charge >= 0.3 is 5.97 Å². The Kier molecular flexibility index (Phi) is 3.35. The second-order valence-electron chi connectivity index (χ2n) is 2.64. The summed E-state index contributed by atoms with van der Waals surface area (Å²) in [6.07, 6.45) is -1.54. The summed E-state index contributed by atoms with van der Waals surface area (Å²) in [6.45, 7) is 1.17. The van der Waals surface area contributed by atoms with Crippen LogP contribution in [0.1, 0.15) is 26.3 Å². The molecule has 0 N–H and O–H groups in total. The molecule has 0 aliphatic carbocycles. The molecule has 5 heteroatoms. The van der Waals surface area contributed by atoms with E-state index >= 15 is 0 Å². The fraction of sp³-hybridized carbons (Fsp3) is 0.333. The quantitative estimate of drug-likeness (QED) is 0.574. The number of methoxy groups -OCH3 is 1. The van der Waals surface area contributed by atoms with Gasteiger partial charge in [-0.2, -0.15) is 0 Å². The van der Waals surface area contributed by atoms with Crippen molar-refractivity contribution in [1.82, 2.24) is 0 Å². The highest BCUT2D eigenvalue weighted by Gasteiger charge is 2.18. The first-order valence-electron chi connectivity index (χ1n) is 3.92. The van der Waals surface area contributed by atoms with Crippen LogP contribution in [0.15, 0.2) is 12.1 Å². The molecule has 1 unspecified atom stereocenters. The average molecular weight is 216 g/mol. The van der Waals surface area contributed by atoms with Gasteiger partial charge in [0.1, 0.15) is 4.88 Å². The predicted molar refractivity (Wildman–Crippen MR) is 50.6 cm³/mol. The number of thiophene rings is 1. The van der Waals surface area contributed by atoms with Crippen molar-refractivity contribution in [2.75, 3.05) is 7.11 Å². The molecule has 0 saturated carbocycles. The number of esters is 1. The summed E-state index contributed by atoms with van der Waals surface area (Å²) in [5.74, 6) is -1.12. The van der Waals surface area contributed by atoms with Gasteiger partial charge in [0, 0.05) is 0 Å². The zero-order chi connectivity index (χ0) is 10.7. The topological polar surface area (TPSA) is 43.4 Å². The lowest BCUT2D eigenvalue weighted by Crippen LogP contribution is -2.09. The van der Waals surface area contributed by atoms with Gasteiger partial charge in [-0.15, -0.1) is 11.3 Å². The SMILES string of the molecule is COC(=O)c1ccc(C(=O)C(C)F)s1. The molecule has 0 saturated heterocycles. The van der Waals surface area contributed by atoms with Crippen molar-refractivity contribution in [3.63, 3.8) is 0 Å². The van der Waals surface area contributed by atoms with Crippen LogP contribution in [-0.2, 0) is 4.74 Å². The van der Waals surface area contributed by atoms with Crippen molar-refractivity contribution >= 4 is 23.1 Å². The standard InChI is InChI=1S/C9H9FO3S/c1-5(10)8(11)6-3-4-7(14-6)9(12)13-2/h3-5H,1-2H3. The summed E-state index contributed by atoms with van der Waals surface area (Å²) in [6, 6.07) is 2.88. The number of ether oxygens (including phenoxy) is 1. The third-order valence-electron chi connectivity index (χ3n) is 1.60. The monoisotopic (exact) mass is 216 g/mol. The molecule has 1 heterocycles. The fourth-order valence-corrected chi connectivity index (χ4v) is 1.82. The van der Waals surface area contributed by atoms with Gasteiger partial charge in [0.25, 0.3) is 0 Å². The van der Waals surface area contributed by atoms with Crippen molar-refractivity contribution in [2.45, 2.75) is 13.1 Å². The van der Waals surface area contributed by atoms with Gasteiger partial charge < -0.3 is 4.74 Å². The highest BCUT2D eigenvalue weighted by atomic mass is 32.1. The Bertz CT molecular complexity index is 357. The van der Waals surface area contributed by atoms with Crippen LogP contribution in [0.2, 0.25) is 0 Å². The Balaban J connectivity index is 2.88. The molecule has 0 bridgehead atoms. The van der Waals surface area contributed by atoms with E-state index in [1.54, 1.807) is 0 Å². The smallest absolute Gasteiger partial charge is 0.348 e. The van der Waals surface area contributed by atoms with Gasteiger partial charge in [-0.1, -0.05) is 0 Å². The van der Waals surface area contributed by atoms with E-state index in [-0.39, 0.29) is 4.88 Å². The second kappa shape index (κ2) is 4.32.